The molecule has 0 bridgehead atoms. The van der Waals surface area contributed by atoms with Gasteiger partial charge in [-0.05, 0) is 29.8 Å². The Bertz CT molecular complexity index is 616. The van der Waals surface area contributed by atoms with E-state index in [0.29, 0.717) is 5.69 Å². The molecule has 0 unspecified atom stereocenters. The van der Waals surface area contributed by atoms with Crippen LogP contribution in [0.5, 0.6) is 0 Å². The number of nitrogens with zero attached hydrogens (tertiary/aromatic N) is 1. The number of carbonyl (C=O) groups excluding carboxylic acids is 2. The van der Waals surface area contributed by atoms with Crippen LogP contribution in [0.1, 0.15) is 23.0 Å². The van der Waals surface area contributed by atoms with Gasteiger partial charge < -0.3 is 9.73 Å². The molecule has 1 aromatic heterocycles. The molecule has 0 aliphatic rings. The highest BCUT2D eigenvalue weighted by Crippen LogP contribution is 2.07. The molecule has 0 radical (unpaired) electrons. The highest BCUT2D eigenvalue weighted by molar-refractivity contribution is 5.92. The van der Waals surface area contributed by atoms with Crippen LogP contribution in [0.15, 0.2) is 52.2 Å². The Morgan fingerprint density at radius 2 is 1.95 bits per heavy atom. The van der Waals surface area contributed by atoms with Crippen molar-refractivity contribution in [1.82, 2.24) is 5.43 Å². The van der Waals surface area contributed by atoms with E-state index in [9.17, 15) is 9.59 Å². The smallest absolute Gasteiger partial charge is 0.307 e. The van der Waals surface area contributed by atoms with Crippen molar-refractivity contribution in [3.8, 4) is 0 Å². The molecule has 0 atom stereocenters. The molecular weight excluding hydrogens is 258 g/mol. The Kier molecular flexibility index (Phi) is 4.28. The van der Waals surface area contributed by atoms with Crippen LogP contribution in [-0.4, -0.2) is 18.0 Å². The van der Waals surface area contributed by atoms with E-state index in [1.807, 2.05) is 0 Å². The second kappa shape index (κ2) is 6.33. The van der Waals surface area contributed by atoms with Crippen LogP contribution < -0.4 is 10.7 Å². The third-order valence-corrected chi connectivity index (χ3v) is 2.36. The summed E-state index contributed by atoms with van der Waals surface area (Å²) >= 11 is 0. The Hall–Kier alpha value is -2.89. The molecular formula is C14H13N3O3. The van der Waals surface area contributed by atoms with Crippen LogP contribution in [0.2, 0.25) is 0 Å². The van der Waals surface area contributed by atoms with Crippen LogP contribution in [-0.2, 0) is 4.79 Å². The predicted molar refractivity (Wildman–Crippen MR) is 74.5 cm³/mol. The van der Waals surface area contributed by atoms with Gasteiger partial charge in [0, 0.05) is 12.6 Å². The number of anilines is 1. The maximum Gasteiger partial charge on any atom is 0.307 e. The average molecular weight is 271 g/mol. The topological polar surface area (TPSA) is 83.7 Å². The van der Waals surface area contributed by atoms with E-state index in [1.165, 1.54) is 19.4 Å². The summed E-state index contributed by atoms with van der Waals surface area (Å²) in [5.74, 6) is -0.346. The van der Waals surface area contributed by atoms with Gasteiger partial charge in [-0.15, -0.1) is 0 Å². The van der Waals surface area contributed by atoms with Crippen molar-refractivity contribution in [3.05, 3.63) is 54.0 Å². The van der Waals surface area contributed by atoms with Crippen LogP contribution in [0.4, 0.5) is 5.69 Å². The van der Waals surface area contributed by atoms with E-state index in [-0.39, 0.29) is 11.7 Å². The largest absolute Gasteiger partial charge is 0.459 e. The highest BCUT2D eigenvalue weighted by atomic mass is 16.3. The fourth-order valence-corrected chi connectivity index (χ4v) is 1.48. The molecule has 0 saturated heterocycles. The van der Waals surface area contributed by atoms with Crippen molar-refractivity contribution in [3.63, 3.8) is 0 Å². The Balaban J connectivity index is 1.91. The van der Waals surface area contributed by atoms with Gasteiger partial charge in [0.15, 0.2) is 5.76 Å². The Morgan fingerprint density at radius 3 is 2.55 bits per heavy atom. The van der Waals surface area contributed by atoms with Crippen LogP contribution in [0, 0.1) is 0 Å². The molecule has 0 saturated carbocycles. The third kappa shape index (κ3) is 3.81. The Morgan fingerprint density at radius 1 is 1.20 bits per heavy atom. The van der Waals surface area contributed by atoms with Crippen LogP contribution >= 0.6 is 0 Å². The van der Waals surface area contributed by atoms with Crippen LogP contribution in [0.3, 0.4) is 0 Å². The van der Waals surface area contributed by atoms with Crippen molar-refractivity contribution in [2.45, 2.75) is 6.92 Å². The lowest BCUT2D eigenvalue weighted by atomic mass is 10.2. The first kappa shape index (κ1) is 13.5. The number of carbonyl (C=O) groups is 2. The van der Waals surface area contributed by atoms with Gasteiger partial charge in [0.05, 0.1) is 12.5 Å². The monoisotopic (exact) mass is 271 g/mol. The molecule has 2 N–H and O–H groups in total. The molecule has 6 nitrogen and oxygen atoms in total. The number of hydrogen-bond acceptors (Lipinski definition) is 4. The lowest BCUT2D eigenvalue weighted by Crippen LogP contribution is -2.16. The SMILES string of the molecule is CC(=O)Nc1ccc(/C=N/NC(=O)c2ccco2)cc1. The second-order valence-corrected chi connectivity index (χ2v) is 3.98. The van der Waals surface area contributed by atoms with E-state index < -0.39 is 5.91 Å². The highest BCUT2D eigenvalue weighted by Gasteiger charge is 2.05. The number of rotatable bonds is 4. The number of benzene rings is 1. The first-order valence-corrected chi connectivity index (χ1v) is 5.90. The summed E-state index contributed by atoms with van der Waals surface area (Å²) in [6.07, 6.45) is 2.91. The molecule has 1 aromatic carbocycles. The lowest BCUT2D eigenvalue weighted by Gasteiger charge is -2.01. The summed E-state index contributed by atoms with van der Waals surface area (Å²) in [6, 6.07) is 10.2. The fraction of sp³-hybridized carbons (Fsp3) is 0.0714. The van der Waals surface area contributed by atoms with Gasteiger partial charge in [-0.3, -0.25) is 9.59 Å². The van der Waals surface area contributed by atoms with Gasteiger partial charge in [-0.25, -0.2) is 5.43 Å². The molecule has 6 heteroatoms. The molecule has 0 aliphatic heterocycles. The fourth-order valence-electron chi connectivity index (χ4n) is 1.48. The molecule has 2 rings (SSSR count). The zero-order valence-electron chi connectivity index (χ0n) is 10.8. The second-order valence-electron chi connectivity index (χ2n) is 3.98. The van der Waals surface area contributed by atoms with Crippen molar-refractivity contribution < 1.29 is 14.0 Å². The summed E-state index contributed by atoms with van der Waals surface area (Å²) in [5.41, 5.74) is 3.84. The first-order chi connectivity index (χ1) is 9.65. The summed E-state index contributed by atoms with van der Waals surface area (Å²) < 4.78 is 4.92. The molecule has 0 aliphatic carbocycles. The van der Waals surface area contributed by atoms with E-state index in [1.54, 1.807) is 36.4 Å². The van der Waals surface area contributed by atoms with Crippen LogP contribution in [0.25, 0.3) is 0 Å². The summed E-state index contributed by atoms with van der Waals surface area (Å²) in [4.78, 5) is 22.4. The van der Waals surface area contributed by atoms with Gasteiger partial charge in [0.25, 0.3) is 0 Å². The minimum Gasteiger partial charge on any atom is -0.459 e. The van der Waals surface area contributed by atoms with E-state index in [4.69, 9.17) is 4.42 Å². The molecule has 0 spiro atoms. The quantitative estimate of drug-likeness (QED) is 0.659. The first-order valence-electron chi connectivity index (χ1n) is 5.90. The summed E-state index contributed by atoms with van der Waals surface area (Å²) in [7, 11) is 0. The maximum absolute atomic E-state index is 11.5. The van der Waals surface area contributed by atoms with E-state index in [0.717, 1.165) is 5.56 Å². The third-order valence-electron chi connectivity index (χ3n) is 2.36. The van der Waals surface area contributed by atoms with E-state index >= 15 is 0 Å². The molecule has 2 aromatic rings. The van der Waals surface area contributed by atoms with Gasteiger partial charge >= 0.3 is 5.91 Å². The maximum atomic E-state index is 11.5. The molecule has 0 fully saturated rings. The minimum absolute atomic E-state index is 0.128. The van der Waals surface area contributed by atoms with Gasteiger partial charge in [0.1, 0.15) is 0 Å². The number of hydrazone groups is 1. The predicted octanol–water partition coefficient (Wildman–Crippen LogP) is 2.00. The molecule has 1 heterocycles. The number of nitrogens with one attached hydrogen (secondary N) is 2. The van der Waals surface area contributed by atoms with E-state index in [2.05, 4.69) is 15.8 Å². The van der Waals surface area contributed by atoms with Crippen molar-refractivity contribution in [2.24, 2.45) is 5.10 Å². The molecule has 102 valence electrons. The van der Waals surface area contributed by atoms with Crippen molar-refractivity contribution >= 4 is 23.7 Å². The molecule has 2 amide bonds. The zero-order valence-corrected chi connectivity index (χ0v) is 10.8. The lowest BCUT2D eigenvalue weighted by molar-refractivity contribution is -0.114. The molecule has 20 heavy (non-hydrogen) atoms. The minimum atomic E-state index is -0.416. The number of hydrogen-bond donors (Lipinski definition) is 2. The zero-order chi connectivity index (χ0) is 14.4. The average Bonchev–Trinajstić information content (AvgIpc) is 2.94. The van der Waals surface area contributed by atoms with Crippen molar-refractivity contribution in [2.75, 3.05) is 5.32 Å². The summed E-state index contributed by atoms with van der Waals surface area (Å²) in [5, 5.41) is 6.48. The Labute approximate surface area is 115 Å². The summed E-state index contributed by atoms with van der Waals surface area (Å²) in [6.45, 7) is 1.44. The van der Waals surface area contributed by atoms with Crippen molar-refractivity contribution in [1.29, 1.82) is 0 Å². The van der Waals surface area contributed by atoms with Gasteiger partial charge in [-0.1, -0.05) is 12.1 Å². The number of furan rings is 1. The standard InChI is InChI=1S/C14H13N3O3/c1-10(18)16-12-6-4-11(5-7-12)9-15-17-14(19)13-3-2-8-20-13/h2-9H,1H3,(H,16,18)(H,17,19)/b15-9+. The number of amides is 2. The van der Waals surface area contributed by atoms with Gasteiger partial charge in [-0.2, -0.15) is 5.10 Å². The van der Waals surface area contributed by atoms with Gasteiger partial charge in [0.2, 0.25) is 5.91 Å². The normalized spacial score (nSPS) is 10.4.